The summed E-state index contributed by atoms with van der Waals surface area (Å²) in [5, 5.41) is 3.55. The molecule has 1 rings (SSSR count). The predicted molar refractivity (Wildman–Crippen MR) is 50.8 cm³/mol. The molecule has 1 aromatic heterocycles. The second kappa shape index (κ2) is 4.34. The van der Waals surface area contributed by atoms with Crippen LogP contribution in [0.4, 0.5) is 0 Å². The fourth-order valence-electron chi connectivity index (χ4n) is 0.781. The van der Waals surface area contributed by atoms with Gasteiger partial charge in [0.15, 0.2) is 0 Å². The number of hydrogen-bond donors (Lipinski definition) is 1. The van der Waals surface area contributed by atoms with Crippen LogP contribution in [0.2, 0.25) is 0 Å². The number of aromatic nitrogens is 1. The molecule has 1 atom stereocenters. The van der Waals surface area contributed by atoms with Crippen molar-refractivity contribution in [3.8, 4) is 0 Å². The van der Waals surface area contributed by atoms with Gasteiger partial charge in [-0.3, -0.25) is 4.79 Å². The van der Waals surface area contributed by atoms with Crippen molar-refractivity contribution in [1.29, 1.82) is 0 Å². The minimum absolute atomic E-state index is 0.139. The maximum absolute atomic E-state index is 11.4. The van der Waals surface area contributed by atoms with Crippen LogP contribution in [0, 0.1) is 6.92 Å². The van der Waals surface area contributed by atoms with E-state index in [-0.39, 0.29) is 12.1 Å². The third kappa shape index (κ3) is 2.78. The third-order valence-electron chi connectivity index (χ3n) is 1.53. The second-order valence-corrected chi connectivity index (χ2v) is 3.83. The summed E-state index contributed by atoms with van der Waals surface area (Å²) in [5.74, 6) is -0.139. The first-order chi connectivity index (χ1) is 6.13. The van der Waals surface area contributed by atoms with Gasteiger partial charge in [-0.15, -0.1) is 11.3 Å². The van der Waals surface area contributed by atoms with Crippen molar-refractivity contribution < 1.29 is 9.53 Å². The molecule has 13 heavy (non-hydrogen) atoms. The van der Waals surface area contributed by atoms with E-state index in [0.717, 1.165) is 5.01 Å². The minimum Gasteiger partial charge on any atom is -0.362 e. The first kappa shape index (κ1) is 10.1. The molecule has 1 amide bonds. The Morgan fingerprint density at radius 1 is 1.77 bits per heavy atom. The molecule has 0 aliphatic carbocycles. The molecule has 0 unspecified atom stereocenters. The summed E-state index contributed by atoms with van der Waals surface area (Å²) < 4.78 is 4.90. The number of hydrogen-bond acceptors (Lipinski definition) is 4. The molecule has 0 fully saturated rings. The molecular formula is C8H12N2O2S. The average Bonchev–Trinajstić information content (AvgIpc) is 2.51. The van der Waals surface area contributed by atoms with E-state index in [2.05, 4.69) is 10.3 Å². The average molecular weight is 200 g/mol. The van der Waals surface area contributed by atoms with Gasteiger partial charge in [0.05, 0.1) is 11.2 Å². The van der Waals surface area contributed by atoms with E-state index >= 15 is 0 Å². The summed E-state index contributed by atoms with van der Waals surface area (Å²) in [6.07, 6.45) is 1.30. The van der Waals surface area contributed by atoms with Gasteiger partial charge in [-0.2, -0.15) is 0 Å². The van der Waals surface area contributed by atoms with Crippen LogP contribution in [0.3, 0.4) is 0 Å². The maximum atomic E-state index is 11.4. The topological polar surface area (TPSA) is 51.2 Å². The number of carbonyl (C=O) groups is 1. The van der Waals surface area contributed by atoms with Crippen molar-refractivity contribution in [2.24, 2.45) is 0 Å². The molecule has 0 aliphatic heterocycles. The van der Waals surface area contributed by atoms with Crippen LogP contribution >= 0.6 is 11.3 Å². The molecule has 1 N–H and O–H groups in total. The van der Waals surface area contributed by atoms with Crippen molar-refractivity contribution in [2.75, 3.05) is 7.11 Å². The fourth-order valence-corrected chi connectivity index (χ4v) is 1.46. The van der Waals surface area contributed by atoms with E-state index in [1.54, 1.807) is 20.2 Å². The van der Waals surface area contributed by atoms with E-state index in [1.807, 2.05) is 6.92 Å². The summed E-state index contributed by atoms with van der Waals surface area (Å²) in [6.45, 7) is 3.63. The lowest BCUT2D eigenvalue weighted by Gasteiger charge is -2.09. The molecule has 1 aromatic rings. The number of nitrogens with one attached hydrogen (secondary N) is 1. The number of thiazole rings is 1. The Morgan fingerprint density at radius 2 is 2.46 bits per heavy atom. The van der Waals surface area contributed by atoms with Crippen LogP contribution in [0.1, 0.15) is 21.6 Å². The highest BCUT2D eigenvalue weighted by atomic mass is 32.1. The molecule has 0 saturated heterocycles. The smallest absolute Gasteiger partial charge is 0.264 e. The molecule has 0 radical (unpaired) electrons. The quantitative estimate of drug-likeness (QED) is 0.745. The predicted octanol–water partition coefficient (Wildman–Crippen LogP) is 1.17. The Kier molecular flexibility index (Phi) is 3.39. The van der Waals surface area contributed by atoms with Gasteiger partial charge in [0, 0.05) is 7.11 Å². The lowest BCUT2D eigenvalue weighted by atomic mass is 10.5. The standard InChI is InChI=1S/C8H12N2O2S/c1-5(12-3)10-8(11)7-4-9-6(2)13-7/h4-5H,1-3H3,(H,10,11)/t5-/m0/s1. The Bertz CT molecular complexity index is 298. The van der Waals surface area contributed by atoms with E-state index in [4.69, 9.17) is 4.74 Å². The number of carbonyl (C=O) groups excluding carboxylic acids is 1. The number of amides is 1. The van der Waals surface area contributed by atoms with Crippen LogP contribution < -0.4 is 5.32 Å². The van der Waals surface area contributed by atoms with Gasteiger partial charge in [0.25, 0.3) is 5.91 Å². The van der Waals surface area contributed by atoms with E-state index in [0.29, 0.717) is 4.88 Å². The van der Waals surface area contributed by atoms with Gasteiger partial charge < -0.3 is 10.1 Å². The maximum Gasteiger partial charge on any atom is 0.264 e. The van der Waals surface area contributed by atoms with E-state index in [9.17, 15) is 4.79 Å². The lowest BCUT2D eigenvalue weighted by molar-refractivity contribution is 0.0661. The Labute approximate surface area is 80.9 Å². The molecule has 1 heterocycles. The van der Waals surface area contributed by atoms with Crippen LogP contribution in [0.25, 0.3) is 0 Å². The Hall–Kier alpha value is -0.940. The first-order valence-electron chi connectivity index (χ1n) is 3.89. The molecule has 0 bridgehead atoms. The molecule has 0 saturated carbocycles. The monoisotopic (exact) mass is 200 g/mol. The highest BCUT2D eigenvalue weighted by molar-refractivity contribution is 7.13. The third-order valence-corrected chi connectivity index (χ3v) is 2.44. The van der Waals surface area contributed by atoms with Crippen LogP contribution in [0.5, 0.6) is 0 Å². The van der Waals surface area contributed by atoms with E-state index < -0.39 is 0 Å². The van der Waals surface area contributed by atoms with E-state index in [1.165, 1.54) is 11.3 Å². The van der Waals surface area contributed by atoms with Gasteiger partial charge in [0.1, 0.15) is 11.1 Å². The SMILES string of the molecule is CO[C@@H](C)NC(=O)c1cnc(C)s1. The number of rotatable bonds is 3. The van der Waals surface area contributed by atoms with Gasteiger partial charge in [-0.1, -0.05) is 0 Å². The summed E-state index contributed by atoms with van der Waals surface area (Å²) in [7, 11) is 1.54. The fraction of sp³-hybridized carbons (Fsp3) is 0.500. The lowest BCUT2D eigenvalue weighted by Crippen LogP contribution is -2.33. The zero-order valence-corrected chi connectivity index (χ0v) is 8.64. The van der Waals surface area contributed by atoms with Gasteiger partial charge in [-0.25, -0.2) is 4.98 Å². The van der Waals surface area contributed by atoms with Crippen LogP contribution in [-0.2, 0) is 4.74 Å². The van der Waals surface area contributed by atoms with Crippen molar-refractivity contribution in [1.82, 2.24) is 10.3 Å². The normalized spacial score (nSPS) is 12.5. The summed E-state index contributed by atoms with van der Waals surface area (Å²) in [5.41, 5.74) is 0. The summed E-state index contributed by atoms with van der Waals surface area (Å²) in [4.78, 5) is 16.0. The molecule has 4 nitrogen and oxygen atoms in total. The van der Waals surface area contributed by atoms with Crippen LogP contribution in [0.15, 0.2) is 6.20 Å². The number of methoxy groups -OCH3 is 1. The Morgan fingerprint density at radius 3 is 2.92 bits per heavy atom. The minimum atomic E-state index is -0.269. The van der Waals surface area contributed by atoms with Gasteiger partial charge >= 0.3 is 0 Å². The van der Waals surface area contributed by atoms with Crippen molar-refractivity contribution in [3.05, 3.63) is 16.1 Å². The van der Waals surface area contributed by atoms with Gasteiger partial charge in [0.2, 0.25) is 0 Å². The van der Waals surface area contributed by atoms with Gasteiger partial charge in [-0.05, 0) is 13.8 Å². The highest BCUT2D eigenvalue weighted by Crippen LogP contribution is 2.11. The molecule has 0 spiro atoms. The van der Waals surface area contributed by atoms with Crippen molar-refractivity contribution in [2.45, 2.75) is 20.1 Å². The summed E-state index contributed by atoms with van der Waals surface area (Å²) in [6, 6.07) is 0. The molecule has 0 aromatic carbocycles. The number of nitrogens with zero attached hydrogens (tertiary/aromatic N) is 1. The number of ether oxygens (including phenoxy) is 1. The molecule has 5 heteroatoms. The second-order valence-electron chi connectivity index (χ2n) is 2.59. The van der Waals surface area contributed by atoms with Crippen molar-refractivity contribution in [3.63, 3.8) is 0 Å². The zero-order valence-electron chi connectivity index (χ0n) is 7.83. The van der Waals surface area contributed by atoms with Crippen LogP contribution in [-0.4, -0.2) is 24.2 Å². The first-order valence-corrected chi connectivity index (χ1v) is 4.71. The Balaban J connectivity index is 2.58. The number of aryl methyl sites for hydroxylation is 1. The molecule has 0 aliphatic rings. The highest BCUT2D eigenvalue weighted by Gasteiger charge is 2.10. The summed E-state index contributed by atoms with van der Waals surface area (Å²) >= 11 is 1.37. The largest absolute Gasteiger partial charge is 0.362 e. The zero-order chi connectivity index (χ0) is 9.84. The van der Waals surface area contributed by atoms with Crippen molar-refractivity contribution >= 4 is 17.2 Å². The molecule has 72 valence electrons. The molecular weight excluding hydrogens is 188 g/mol.